The Balaban J connectivity index is 1.13. The third-order valence-corrected chi connectivity index (χ3v) is 10.7. The normalized spacial score (nSPS) is 11.8. The summed E-state index contributed by atoms with van der Waals surface area (Å²) in [4.78, 5) is 2.36. The van der Waals surface area contributed by atoms with Crippen LogP contribution in [-0.2, 0) is 0 Å². The molecule has 2 heterocycles. The number of rotatable bonds is 5. The van der Waals surface area contributed by atoms with Gasteiger partial charge < -0.3 is 13.7 Å². The van der Waals surface area contributed by atoms with Crippen LogP contribution in [0.5, 0.6) is 0 Å². The van der Waals surface area contributed by atoms with Gasteiger partial charge in [0.2, 0.25) is 0 Å². The van der Waals surface area contributed by atoms with E-state index >= 15 is 0 Å². The maximum Gasteiger partial charge on any atom is 0.145 e. The van der Waals surface area contributed by atoms with Crippen molar-refractivity contribution in [1.82, 2.24) is 0 Å². The predicted octanol–water partition coefficient (Wildman–Crippen LogP) is 14.6. The van der Waals surface area contributed by atoms with Crippen LogP contribution >= 0.6 is 0 Å². The van der Waals surface area contributed by atoms with Crippen molar-refractivity contribution in [3.05, 3.63) is 188 Å². The van der Waals surface area contributed by atoms with Crippen molar-refractivity contribution in [2.75, 3.05) is 4.90 Å². The molecule has 3 heteroatoms. The second-order valence-electron chi connectivity index (χ2n) is 13.7. The van der Waals surface area contributed by atoms with Gasteiger partial charge in [-0.25, -0.2) is 0 Å². The molecule has 248 valence electrons. The fourth-order valence-electron chi connectivity index (χ4n) is 8.11. The Morgan fingerprint density at radius 2 is 0.962 bits per heavy atom. The Morgan fingerprint density at radius 3 is 1.79 bits per heavy atom. The van der Waals surface area contributed by atoms with Crippen LogP contribution in [0.15, 0.2) is 197 Å². The monoisotopic (exact) mass is 677 g/mol. The van der Waals surface area contributed by atoms with Gasteiger partial charge in [-0.2, -0.15) is 0 Å². The van der Waals surface area contributed by atoms with E-state index in [0.717, 1.165) is 77.6 Å². The lowest BCUT2D eigenvalue weighted by molar-refractivity contribution is 0.669. The number of furan rings is 2. The Morgan fingerprint density at radius 1 is 0.340 bits per heavy atom. The Labute approximate surface area is 305 Å². The SMILES string of the molecule is c1ccc(-c2ccc(N(c3ccc(-c4ccc5ccc6ccccc6c5c4)cc3)c3ccc4oc5ccccc5c4c3)c3c2oc2ccccc23)cc1. The summed E-state index contributed by atoms with van der Waals surface area (Å²) >= 11 is 0. The van der Waals surface area contributed by atoms with Gasteiger partial charge in [0, 0.05) is 33.1 Å². The van der Waals surface area contributed by atoms with Crippen molar-refractivity contribution in [3.8, 4) is 22.3 Å². The standard InChI is InChI=1S/C50H31NO2/c1-2-10-33(11-3-1)40-27-28-45(49-42-15-7-9-17-47(42)53-50(40)49)51(38-26-29-48-44(31-38)41-14-6-8-16-46(41)52-48)37-24-22-32(23-25-37)36-21-20-35-19-18-34-12-4-5-13-39(34)43(35)30-36/h1-31H. The average Bonchev–Trinajstić information content (AvgIpc) is 3.80. The molecule has 0 spiro atoms. The lowest BCUT2D eigenvalue weighted by atomic mass is 9.97. The highest BCUT2D eigenvalue weighted by Crippen LogP contribution is 2.47. The van der Waals surface area contributed by atoms with E-state index in [0.29, 0.717) is 0 Å². The van der Waals surface area contributed by atoms with Gasteiger partial charge in [-0.05, 0) is 98.9 Å². The minimum atomic E-state index is 0.863. The number of hydrogen-bond donors (Lipinski definition) is 0. The van der Waals surface area contributed by atoms with E-state index in [2.05, 4.69) is 175 Å². The van der Waals surface area contributed by atoms with Gasteiger partial charge in [-0.1, -0.05) is 127 Å². The zero-order valence-corrected chi connectivity index (χ0v) is 28.7. The predicted molar refractivity (Wildman–Crippen MR) is 222 cm³/mol. The van der Waals surface area contributed by atoms with Crippen LogP contribution in [-0.4, -0.2) is 0 Å². The zero-order valence-electron chi connectivity index (χ0n) is 28.7. The lowest BCUT2D eigenvalue weighted by Crippen LogP contribution is -2.10. The van der Waals surface area contributed by atoms with Crippen molar-refractivity contribution in [2.45, 2.75) is 0 Å². The van der Waals surface area contributed by atoms with Crippen LogP contribution in [0.2, 0.25) is 0 Å². The van der Waals surface area contributed by atoms with Crippen LogP contribution in [0.25, 0.3) is 87.7 Å². The van der Waals surface area contributed by atoms with Gasteiger partial charge in [-0.3, -0.25) is 0 Å². The molecule has 0 saturated carbocycles. The van der Waals surface area contributed by atoms with Gasteiger partial charge in [0.15, 0.2) is 0 Å². The van der Waals surface area contributed by atoms with Gasteiger partial charge in [-0.15, -0.1) is 0 Å². The van der Waals surface area contributed by atoms with Crippen molar-refractivity contribution in [3.63, 3.8) is 0 Å². The molecule has 0 fully saturated rings. The highest BCUT2D eigenvalue weighted by atomic mass is 16.3. The molecular formula is C50H31NO2. The molecule has 11 aromatic rings. The van der Waals surface area contributed by atoms with E-state index in [9.17, 15) is 0 Å². The summed E-state index contributed by atoms with van der Waals surface area (Å²) in [6.07, 6.45) is 0. The number of fused-ring (bicyclic) bond motifs is 9. The second kappa shape index (κ2) is 11.7. The van der Waals surface area contributed by atoms with E-state index < -0.39 is 0 Å². The topological polar surface area (TPSA) is 29.5 Å². The Kier molecular flexibility index (Phi) is 6.55. The minimum Gasteiger partial charge on any atom is -0.456 e. The molecule has 0 aliphatic rings. The highest BCUT2D eigenvalue weighted by Gasteiger charge is 2.23. The summed E-state index contributed by atoms with van der Waals surface area (Å²) in [5.41, 5.74) is 11.1. The van der Waals surface area contributed by atoms with Crippen molar-refractivity contribution in [1.29, 1.82) is 0 Å². The second-order valence-corrected chi connectivity index (χ2v) is 13.7. The molecule has 9 aromatic carbocycles. The van der Waals surface area contributed by atoms with Gasteiger partial charge in [0.1, 0.15) is 22.3 Å². The van der Waals surface area contributed by atoms with E-state index in [4.69, 9.17) is 8.83 Å². The minimum absolute atomic E-state index is 0.863. The third kappa shape index (κ3) is 4.75. The molecule has 0 amide bonds. The van der Waals surface area contributed by atoms with Crippen LogP contribution in [0.1, 0.15) is 0 Å². The third-order valence-electron chi connectivity index (χ3n) is 10.7. The first-order valence-corrected chi connectivity index (χ1v) is 18.0. The van der Waals surface area contributed by atoms with E-state index in [1.165, 1.54) is 27.1 Å². The molecule has 0 aliphatic carbocycles. The Bertz CT molecular complexity index is 3170. The zero-order chi connectivity index (χ0) is 34.9. The molecule has 0 aliphatic heterocycles. The quantitative estimate of drug-likeness (QED) is 0.170. The number of nitrogens with zero attached hydrogens (tertiary/aromatic N) is 1. The lowest BCUT2D eigenvalue weighted by Gasteiger charge is -2.27. The number of hydrogen-bond acceptors (Lipinski definition) is 3. The van der Waals surface area contributed by atoms with Crippen molar-refractivity contribution in [2.24, 2.45) is 0 Å². The fraction of sp³-hybridized carbons (Fsp3) is 0. The number of anilines is 3. The van der Waals surface area contributed by atoms with E-state index in [-0.39, 0.29) is 0 Å². The van der Waals surface area contributed by atoms with Crippen molar-refractivity contribution < 1.29 is 8.83 Å². The number of benzene rings is 9. The highest BCUT2D eigenvalue weighted by molar-refractivity contribution is 6.17. The summed E-state index contributed by atoms with van der Waals surface area (Å²) in [6, 6.07) is 66.8. The largest absolute Gasteiger partial charge is 0.456 e. The molecular weight excluding hydrogens is 647 g/mol. The molecule has 2 aromatic heterocycles. The first-order valence-electron chi connectivity index (χ1n) is 18.0. The van der Waals surface area contributed by atoms with E-state index in [1.54, 1.807) is 0 Å². The molecule has 0 unspecified atom stereocenters. The molecule has 53 heavy (non-hydrogen) atoms. The van der Waals surface area contributed by atoms with Crippen molar-refractivity contribution >= 4 is 82.5 Å². The maximum atomic E-state index is 6.72. The summed E-state index contributed by atoms with van der Waals surface area (Å²) in [5.74, 6) is 0. The molecule has 0 atom stereocenters. The van der Waals surface area contributed by atoms with Gasteiger partial charge >= 0.3 is 0 Å². The van der Waals surface area contributed by atoms with Crippen LogP contribution < -0.4 is 4.90 Å². The molecule has 0 bridgehead atoms. The molecule has 0 radical (unpaired) electrons. The summed E-state index contributed by atoms with van der Waals surface area (Å²) < 4.78 is 13.0. The maximum absolute atomic E-state index is 6.72. The number of para-hydroxylation sites is 2. The van der Waals surface area contributed by atoms with Crippen LogP contribution in [0.3, 0.4) is 0 Å². The summed E-state index contributed by atoms with van der Waals surface area (Å²) in [6.45, 7) is 0. The smallest absolute Gasteiger partial charge is 0.145 e. The molecule has 3 nitrogen and oxygen atoms in total. The summed E-state index contributed by atoms with van der Waals surface area (Å²) in [5, 5.41) is 9.36. The van der Waals surface area contributed by atoms with Crippen LogP contribution in [0, 0.1) is 0 Å². The van der Waals surface area contributed by atoms with Crippen LogP contribution in [0.4, 0.5) is 17.1 Å². The van der Waals surface area contributed by atoms with E-state index in [1.807, 2.05) is 18.2 Å². The summed E-state index contributed by atoms with van der Waals surface area (Å²) in [7, 11) is 0. The Hall–Kier alpha value is -7.10. The average molecular weight is 678 g/mol. The fourth-order valence-corrected chi connectivity index (χ4v) is 8.11. The van der Waals surface area contributed by atoms with Gasteiger partial charge in [0.05, 0.1) is 11.1 Å². The first kappa shape index (κ1) is 29.6. The molecule has 0 saturated heterocycles. The molecule has 11 rings (SSSR count). The molecule has 0 N–H and O–H groups in total. The first-order chi connectivity index (χ1) is 26.3. The van der Waals surface area contributed by atoms with Gasteiger partial charge in [0.25, 0.3) is 0 Å².